The fourth-order valence-electron chi connectivity index (χ4n) is 1.12. The van der Waals surface area contributed by atoms with Gasteiger partial charge in [-0.3, -0.25) is 9.59 Å². The molecule has 0 saturated carbocycles. The lowest BCUT2D eigenvalue weighted by molar-refractivity contribution is -0.143. The highest BCUT2D eigenvalue weighted by molar-refractivity contribution is 5.94. The summed E-state index contributed by atoms with van der Waals surface area (Å²) >= 11 is 0. The van der Waals surface area contributed by atoms with Gasteiger partial charge in [0, 0.05) is 0 Å². The summed E-state index contributed by atoms with van der Waals surface area (Å²) < 4.78 is 0. The first-order valence-corrected chi connectivity index (χ1v) is 3.66. The van der Waals surface area contributed by atoms with Crippen LogP contribution in [0.15, 0.2) is 0 Å². The molecule has 1 heterocycles. The van der Waals surface area contributed by atoms with E-state index in [1.165, 1.54) is 4.90 Å². The van der Waals surface area contributed by atoms with E-state index in [1.54, 1.807) is 6.92 Å². The molecule has 64 valence electrons. The average Bonchev–Trinajstić information content (AvgIpc) is 2.00. The first-order valence-electron chi connectivity index (χ1n) is 3.66. The van der Waals surface area contributed by atoms with Gasteiger partial charge >= 0.3 is 0 Å². The van der Waals surface area contributed by atoms with Crippen molar-refractivity contribution in [2.75, 3.05) is 13.1 Å². The Morgan fingerprint density at radius 1 is 1.75 bits per heavy atom. The molecule has 0 aromatic carbocycles. The van der Waals surface area contributed by atoms with Gasteiger partial charge in [0.2, 0.25) is 11.8 Å². The molecule has 0 aromatic rings. The van der Waals surface area contributed by atoms with E-state index in [1.807, 2.05) is 0 Å². The number of rotatable bonds is 1. The van der Waals surface area contributed by atoms with Crippen molar-refractivity contribution < 1.29 is 9.59 Å². The number of amides is 2. The molecule has 1 unspecified atom stereocenters. The number of nitrogens with zero attached hydrogens (tertiary/aromatic N) is 1. The lowest BCUT2D eigenvalue weighted by atomic mass is 10.2. The second-order valence-corrected chi connectivity index (χ2v) is 2.69. The van der Waals surface area contributed by atoms with Crippen LogP contribution in [0, 0.1) is 12.3 Å². The van der Waals surface area contributed by atoms with Crippen LogP contribution >= 0.6 is 0 Å². The van der Waals surface area contributed by atoms with Crippen LogP contribution < -0.4 is 5.32 Å². The molecule has 1 aliphatic rings. The molecule has 4 heteroatoms. The summed E-state index contributed by atoms with van der Waals surface area (Å²) in [6.45, 7) is 1.92. The van der Waals surface area contributed by atoms with Crippen molar-refractivity contribution in [3.63, 3.8) is 0 Å². The number of hydrogen-bond acceptors (Lipinski definition) is 2. The number of hydrogen-bond donors (Lipinski definition) is 1. The van der Waals surface area contributed by atoms with Crippen LogP contribution in [0.2, 0.25) is 0 Å². The summed E-state index contributed by atoms with van der Waals surface area (Å²) in [7, 11) is 0. The fraction of sp³-hybridized carbons (Fsp3) is 0.500. The molecule has 1 atom stereocenters. The summed E-state index contributed by atoms with van der Waals surface area (Å²) in [5, 5.41) is 2.52. The van der Waals surface area contributed by atoms with Crippen LogP contribution in [0.5, 0.6) is 0 Å². The molecule has 1 N–H and O–H groups in total. The van der Waals surface area contributed by atoms with Crippen LogP contribution in [0.25, 0.3) is 0 Å². The van der Waals surface area contributed by atoms with Crippen LogP contribution in [0.4, 0.5) is 0 Å². The number of carbonyl (C=O) groups excluding carboxylic acids is 2. The van der Waals surface area contributed by atoms with Crippen molar-refractivity contribution in [1.29, 1.82) is 0 Å². The molecule has 0 spiro atoms. The molecule has 0 aromatic heterocycles. The average molecular weight is 166 g/mol. The van der Waals surface area contributed by atoms with Crippen molar-refractivity contribution >= 4 is 11.8 Å². The number of nitrogens with one attached hydrogen (secondary N) is 1. The maximum absolute atomic E-state index is 11.3. The van der Waals surface area contributed by atoms with E-state index in [-0.39, 0.29) is 24.9 Å². The van der Waals surface area contributed by atoms with Crippen LogP contribution in [-0.2, 0) is 9.59 Å². The summed E-state index contributed by atoms with van der Waals surface area (Å²) in [5.41, 5.74) is 0. The van der Waals surface area contributed by atoms with E-state index in [4.69, 9.17) is 6.42 Å². The second-order valence-electron chi connectivity index (χ2n) is 2.69. The van der Waals surface area contributed by atoms with Gasteiger partial charge in [0.05, 0.1) is 6.54 Å². The van der Waals surface area contributed by atoms with Crippen molar-refractivity contribution in [1.82, 2.24) is 10.2 Å². The van der Waals surface area contributed by atoms with Gasteiger partial charge in [-0.1, -0.05) is 5.92 Å². The molecule has 0 bridgehead atoms. The van der Waals surface area contributed by atoms with E-state index < -0.39 is 6.04 Å². The van der Waals surface area contributed by atoms with Gasteiger partial charge in [0.1, 0.15) is 12.6 Å². The van der Waals surface area contributed by atoms with Gasteiger partial charge in [-0.2, -0.15) is 0 Å². The third kappa shape index (κ3) is 1.56. The SMILES string of the molecule is C#CCN1CC(=O)NC(C)C1=O. The second kappa shape index (κ2) is 3.26. The van der Waals surface area contributed by atoms with Crippen molar-refractivity contribution in [2.45, 2.75) is 13.0 Å². The van der Waals surface area contributed by atoms with Crippen LogP contribution in [0.3, 0.4) is 0 Å². The molecule has 0 radical (unpaired) electrons. The molecule has 2 amide bonds. The summed E-state index contributed by atoms with van der Waals surface area (Å²) in [4.78, 5) is 23.6. The van der Waals surface area contributed by atoms with E-state index in [0.29, 0.717) is 0 Å². The molecular formula is C8H10N2O2. The number of carbonyl (C=O) groups is 2. The molecular weight excluding hydrogens is 156 g/mol. The predicted octanol–water partition coefficient (Wildman–Crippen LogP) is -1.03. The summed E-state index contributed by atoms with van der Waals surface area (Å²) in [6, 6.07) is -0.445. The van der Waals surface area contributed by atoms with Gasteiger partial charge < -0.3 is 10.2 Å². The largest absolute Gasteiger partial charge is 0.343 e. The molecule has 4 nitrogen and oxygen atoms in total. The standard InChI is InChI=1S/C8H10N2O2/c1-3-4-10-5-7(11)9-6(2)8(10)12/h1,6H,4-5H2,2H3,(H,9,11). The lowest BCUT2D eigenvalue weighted by Crippen LogP contribution is -2.56. The first kappa shape index (κ1) is 8.60. The molecule has 1 aliphatic heterocycles. The molecule has 1 fully saturated rings. The minimum absolute atomic E-state index is 0.0768. The van der Waals surface area contributed by atoms with E-state index in [0.717, 1.165) is 0 Å². The van der Waals surface area contributed by atoms with Crippen LogP contribution in [-0.4, -0.2) is 35.8 Å². The van der Waals surface area contributed by atoms with Gasteiger partial charge in [-0.05, 0) is 6.92 Å². The van der Waals surface area contributed by atoms with Crippen molar-refractivity contribution in [3.8, 4) is 12.3 Å². The Balaban J connectivity index is 2.67. The van der Waals surface area contributed by atoms with E-state index in [9.17, 15) is 9.59 Å². The Labute approximate surface area is 70.9 Å². The topological polar surface area (TPSA) is 49.4 Å². The van der Waals surface area contributed by atoms with Crippen molar-refractivity contribution in [2.24, 2.45) is 0 Å². The zero-order chi connectivity index (χ0) is 9.14. The van der Waals surface area contributed by atoms with Gasteiger partial charge in [-0.25, -0.2) is 0 Å². The summed E-state index contributed by atoms with van der Waals surface area (Å²) in [6.07, 6.45) is 5.04. The van der Waals surface area contributed by atoms with Crippen LogP contribution in [0.1, 0.15) is 6.92 Å². The Morgan fingerprint density at radius 3 is 3.00 bits per heavy atom. The molecule has 1 rings (SSSR count). The smallest absolute Gasteiger partial charge is 0.246 e. The summed E-state index contributed by atoms with van der Waals surface area (Å²) in [5.74, 6) is 2.06. The van der Waals surface area contributed by atoms with E-state index in [2.05, 4.69) is 11.2 Å². The van der Waals surface area contributed by atoms with Gasteiger partial charge in [0.15, 0.2) is 0 Å². The Bertz CT molecular complexity index is 254. The minimum atomic E-state index is -0.445. The highest BCUT2D eigenvalue weighted by Gasteiger charge is 2.28. The lowest BCUT2D eigenvalue weighted by Gasteiger charge is -2.29. The Kier molecular flexibility index (Phi) is 2.34. The zero-order valence-corrected chi connectivity index (χ0v) is 6.83. The monoisotopic (exact) mass is 166 g/mol. The molecule has 0 aliphatic carbocycles. The maximum Gasteiger partial charge on any atom is 0.246 e. The minimum Gasteiger partial charge on any atom is -0.343 e. The first-order chi connectivity index (χ1) is 5.65. The van der Waals surface area contributed by atoms with Gasteiger partial charge in [-0.15, -0.1) is 6.42 Å². The fourth-order valence-corrected chi connectivity index (χ4v) is 1.12. The zero-order valence-electron chi connectivity index (χ0n) is 6.83. The third-order valence-corrected chi connectivity index (χ3v) is 1.68. The predicted molar refractivity (Wildman–Crippen MR) is 43.0 cm³/mol. The molecule has 12 heavy (non-hydrogen) atoms. The normalized spacial score (nSPS) is 23.3. The number of piperazine rings is 1. The maximum atomic E-state index is 11.3. The van der Waals surface area contributed by atoms with Crippen molar-refractivity contribution in [3.05, 3.63) is 0 Å². The third-order valence-electron chi connectivity index (χ3n) is 1.68. The quantitative estimate of drug-likeness (QED) is 0.506. The highest BCUT2D eigenvalue weighted by atomic mass is 16.2. The number of terminal acetylenes is 1. The Hall–Kier alpha value is -1.50. The molecule has 1 saturated heterocycles. The highest BCUT2D eigenvalue weighted by Crippen LogP contribution is 2.00. The van der Waals surface area contributed by atoms with Gasteiger partial charge in [0.25, 0.3) is 0 Å². The van der Waals surface area contributed by atoms with E-state index >= 15 is 0 Å². The Morgan fingerprint density at radius 2 is 2.42 bits per heavy atom.